The molecule has 2 N–H and O–H groups in total. The van der Waals surface area contributed by atoms with Gasteiger partial charge in [-0.1, -0.05) is 12.8 Å². The second-order valence-electron chi connectivity index (χ2n) is 6.60. The summed E-state index contributed by atoms with van der Waals surface area (Å²) in [6.07, 6.45) is 4.61. The zero-order valence-electron chi connectivity index (χ0n) is 13.2. The lowest BCUT2D eigenvalue weighted by atomic mass is 9.67. The van der Waals surface area contributed by atoms with Crippen LogP contribution in [-0.2, 0) is 4.79 Å². The number of nitrogens with one attached hydrogen (secondary N) is 2. The molecule has 1 saturated heterocycles. The second-order valence-corrected chi connectivity index (χ2v) is 7.83. The van der Waals surface area contributed by atoms with Crippen molar-refractivity contribution in [3.63, 3.8) is 0 Å². The van der Waals surface area contributed by atoms with Crippen molar-refractivity contribution in [3.8, 4) is 0 Å². The summed E-state index contributed by atoms with van der Waals surface area (Å²) in [6, 6.07) is 6.02. The van der Waals surface area contributed by atoms with Gasteiger partial charge in [-0.25, -0.2) is 4.98 Å². The first-order valence-corrected chi connectivity index (χ1v) is 8.88. The lowest BCUT2D eigenvalue weighted by Crippen LogP contribution is -2.44. The van der Waals surface area contributed by atoms with Gasteiger partial charge in [0, 0.05) is 12.2 Å². The molecule has 1 aliphatic carbocycles. The third kappa shape index (κ3) is 2.86. The molecular weight excluding hydrogens is 330 g/mol. The van der Waals surface area contributed by atoms with Gasteiger partial charge in [0.05, 0.1) is 20.6 Å². The first-order chi connectivity index (χ1) is 10.7. The Morgan fingerprint density at radius 3 is 3.17 bits per heavy atom. The predicted molar refractivity (Wildman–Crippen MR) is 97.5 cm³/mol. The van der Waals surface area contributed by atoms with Gasteiger partial charge in [0.15, 0.2) is 0 Å². The number of fused-ring (bicyclic) bond motifs is 2. The number of benzene rings is 1. The molecule has 1 saturated carbocycles. The molecule has 23 heavy (non-hydrogen) atoms. The summed E-state index contributed by atoms with van der Waals surface area (Å²) < 4.78 is 1.14. The molecule has 2 fully saturated rings. The van der Waals surface area contributed by atoms with Crippen LogP contribution in [0.2, 0.25) is 0 Å². The highest BCUT2D eigenvalue weighted by atomic mass is 35.5. The van der Waals surface area contributed by atoms with Gasteiger partial charge < -0.3 is 10.6 Å². The fourth-order valence-corrected chi connectivity index (χ4v) is 4.93. The second kappa shape index (κ2) is 6.38. The molecule has 0 unspecified atom stereocenters. The van der Waals surface area contributed by atoms with Gasteiger partial charge in [-0.15, -0.1) is 23.7 Å². The number of halogens is 1. The zero-order chi connectivity index (χ0) is 15.2. The minimum absolute atomic E-state index is 0. The SMILES string of the molecule is Cc1nc2ccc(NC(=O)[C@@]34CCCC[C@H]3CNC4)cc2s1.Cl. The monoisotopic (exact) mass is 351 g/mol. The van der Waals surface area contributed by atoms with E-state index in [1.54, 1.807) is 11.3 Å². The van der Waals surface area contributed by atoms with Gasteiger partial charge in [0.1, 0.15) is 0 Å². The van der Waals surface area contributed by atoms with Crippen LogP contribution < -0.4 is 10.6 Å². The molecular formula is C17H22ClN3OS. The first kappa shape index (κ1) is 16.7. The number of thiazole rings is 1. The van der Waals surface area contributed by atoms with E-state index in [1.165, 1.54) is 19.3 Å². The Bertz CT molecular complexity index is 732. The highest BCUT2D eigenvalue weighted by molar-refractivity contribution is 7.18. The molecule has 4 nitrogen and oxygen atoms in total. The Morgan fingerprint density at radius 2 is 2.30 bits per heavy atom. The maximum absolute atomic E-state index is 12.9. The van der Waals surface area contributed by atoms with Gasteiger partial charge in [0.2, 0.25) is 5.91 Å². The van der Waals surface area contributed by atoms with Crippen molar-refractivity contribution in [2.24, 2.45) is 11.3 Å². The normalized spacial score (nSPS) is 26.6. The van der Waals surface area contributed by atoms with E-state index in [9.17, 15) is 4.79 Å². The summed E-state index contributed by atoms with van der Waals surface area (Å²) in [7, 11) is 0. The molecule has 2 aromatic rings. The molecule has 0 radical (unpaired) electrons. The van der Waals surface area contributed by atoms with Crippen molar-refractivity contribution >= 4 is 45.6 Å². The van der Waals surface area contributed by atoms with Crippen molar-refractivity contribution in [1.82, 2.24) is 10.3 Å². The van der Waals surface area contributed by atoms with Crippen LogP contribution in [0.1, 0.15) is 30.7 Å². The zero-order valence-corrected chi connectivity index (χ0v) is 14.9. The number of hydrogen-bond donors (Lipinski definition) is 2. The molecule has 2 aliphatic rings. The van der Waals surface area contributed by atoms with E-state index in [2.05, 4.69) is 21.7 Å². The van der Waals surface area contributed by atoms with E-state index in [4.69, 9.17) is 0 Å². The van der Waals surface area contributed by atoms with Crippen molar-refractivity contribution in [2.45, 2.75) is 32.6 Å². The summed E-state index contributed by atoms with van der Waals surface area (Å²) in [5.74, 6) is 0.693. The Hall–Kier alpha value is -1.17. The number of aromatic nitrogens is 1. The number of hydrogen-bond acceptors (Lipinski definition) is 4. The molecule has 4 rings (SSSR count). The molecule has 124 valence electrons. The quantitative estimate of drug-likeness (QED) is 0.866. The van der Waals surface area contributed by atoms with Gasteiger partial charge in [0.25, 0.3) is 0 Å². The van der Waals surface area contributed by atoms with Gasteiger partial charge in [-0.2, -0.15) is 0 Å². The summed E-state index contributed by atoms with van der Waals surface area (Å²) in [5, 5.41) is 7.67. The standard InChI is InChI=1S/C17H21N3OS.ClH/c1-11-19-14-6-5-13(8-15(14)22-11)20-16(21)17-7-3-2-4-12(17)9-18-10-17;/h5-6,8,12,18H,2-4,7,9-10H2,1H3,(H,20,21);1H/t12-,17+;/m0./s1. The minimum Gasteiger partial charge on any atom is -0.326 e. The molecule has 1 aliphatic heterocycles. The molecule has 1 aromatic carbocycles. The van der Waals surface area contributed by atoms with E-state index in [-0.39, 0.29) is 23.7 Å². The van der Waals surface area contributed by atoms with Crippen LogP contribution in [0.4, 0.5) is 5.69 Å². The van der Waals surface area contributed by atoms with Crippen molar-refractivity contribution < 1.29 is 4.79 Å². The largest absolute Gasteiger partial charge is 0.326 e. The Balaban J connectivity index is 0.00000156. The molecule has 6 heteroatoms. The van der Waals surface area contributed by atoms with Crippen LogP contribution in [0.5, 0.6) is 0 Å². The van der Waals surface area contributed by atoms with Crippen LogP contribution in [-0.4, -0.2) is 24.0 Å². The maximum Gasteiger partial charge on any atom is 0.232 e. The van der Waals surface area contributed by atoms with Crippen LogP contribution in [0.25, 0.3) is 10.2 Å². The van der Waals surface area contributed by atoms with Gasteiger partial charge >= 0.3 is 0 Å². The van der Waals surface area contributed by atoms with Crippen LogP contribution in [0.15, 0.2) is 18.2 Å². The molecule has 2 atom stereocenters. The molecule has 2 heterocycles. The number of nitrogens with zero attached hydrogens (tertiary/aromatic N) is 1. The summed E-state index contributed by atoms with van der Waals surface area (Å²) in [6.45, 7) is 3.82. The number of amides is 1. The highest BCUT2D eigenvalue weighted by Gasteiger charge is 2.49. The fourth-order valence-electron chi connectivity index (χ4n) is 4.06. The van der Waals surface area contributed by atoms with Crippen molar-refractivity contribution in [2.75, 3.05) is 18.4 Å². The molecule has 1 amide bonds. The molecule has 0 spiro atoms. The average molecular weight is 352 g/mol. The number of aryl methyl sites for hydroxylation is 1. The lowest BCUT2D eigenvalue weighted by molar-refractivity contribution is -0.128. The van der Waals surface area contributed by atoms with Crippen LogP contribution in [0, 0.1) is 18.3 Å². The van der Waals surface area contributed by atoms with Gasteiger partial charge in [-0.05, 0) is 50.4 Å². The first-order valence-electron chi connectivity index (χ1n) is 8.07. The topological polar surface area (TPSA) is 54.0 Å². The third-order valence-electron chi connectivity index (χ3n) is 5.24. The molecule has 0 bridgehead atoms. The van der Waals surface area contributed by atoms with E-state index in [1.807, 2.05) is 19.1 Å². The van der Waals surface area contributed by atoms with Crippen LogP contribution >= 0.6 is 23.7 Å². The number of carbonyl (C=O) groups is 1. The predicted octanol–water partition coefficient (Wildman–Crippen LogP) is 3.74. The van der Waals surface area contributed by atoms with E-state index in [0.717, 1.165) is 40.4 Å². The van der Waals surface area contributed by atoms with E-state index in [0.29, 0.717) is 5.92 Å². The van der Waals surface area contributed by atoms with E-state index >= 15 is 0 Å². The summed E-state index contributed by atoms with van der Waals surface area (Å²) in [4.78, 5) is 17.4. The minimum atomic E-state index is -0.198. The van der Waals surface area contributed by atoms with E-state index < -0.39 is 0 Å². The lowest BCUT2D eigenvalue weighted by Gasteiger charge is -2.37. The highest BCUT2D eigenvalue weighted by Crippen LogP contribution is 2.44. The van der Waals surface area contributed by atoms with Crippen molar-refractivity contribution in [1.29, 1.82) is 0 Å². The third-order valence-corrected chi connectivity index (χ3v) is 6.18. The van der Waals surface area contributed by atoms with Crippen LogP contribution in [0.3, 0.4) is 0 Å². The maximum atomic E-state index is 12.9. The molecule has 1 aromatic heterocycles. The number of anilines is 1. The Morgan fingerprint density at radius 1 is 1.43 bits per heavy atom. The smallest absolute Gasteiger partial charge is 0.232 e. The number of carbonyl (C=O) groups excluding carboxylic acids is 1. The van der Waals surface area contributed by atoms with Gasteiger partial charge in [-0.3, -0.25) is 4.79 Å². The Labute approximate surface area is 146 Å². The number of rotatable bonds is 2. The van der Waals surface area contributed by atoms with Crippen molar-refractivity contribution in [3.05, 3.63) is 23.2 Å². The average Bonchev–Trinajstić information content (AvgIpc) is 3.09. The summed E-state index contributed by atoms with van der Waals surface area (Å²) in [5.41, 5.74) is 1.71. The fraction of sp³-hybridized carbons (Fsp3) is 0.529. The summed E-state index contributed by atoms with van der Waals surface area (Å²) >= 11 is 1.67. The Kier molecular flexibility index (Phi) is 4.63.